The summed E-state index contributed by atoms with van der Waals surface area (Å²) >= 11 is 1.61. The molecule has 0 aliphatic carbocycles. The van der Waals surface area contributed by atoms with Crippen LogP contribution in [0.4, 0.5) is 5.69 Å². The highest BCUT2D eigenvalue weighted by Gasteiger charge is 2.05. The Morgan fingerprint density at radius 2 is 2.25 bits per heavy atom. The lowest BCUT2D eigenvalue weighted by Gasteiger charge is -2.06. The van der Waals surface area contributed by atoms with Crippen molar-refractivity contribution in [1.29, 1.82) is 0 Å². The highest BCUT2D eigenvalue weighted by molar-refractivity contribution is 7.09. The van der Waals surface area contributed by atoms with E-state index >= 15 is 0 Å². The molecule has 1 amide bonds. The molecule has 0 radical (unpaired) electrons. The number of nitrogens with zero attached hydrogens (tertiary/aromatic N) is 1. The molecule has 2 aromatic rings. The molecule has 1 aromatic heterocycles. The number of hydrogen-bond donors (Lipinski definition) is 2. The van der Waals surface area contributed by atoms with E-state index in [2.05, 4.69) is 10.3 Å². The number of unbranched alkanes of at least 4 members (excludes halogenated alkanes) is 1. The number of aliphatic hydroxyl groups is 1. The van der Waals surface area contributed by atoms with Gasteiger partial charge in [-0.1, -0.05) is 12.1 Å². The third kappa shape index (κ3) is 4.15. The average molecular weight is 290 g/mol. The monoisotopic (exact) mass is 290 g/mol. The zero-order valence-corrected chi connectivity index (χ0v) is 12.2. The molecule has 1 heterocycles. The molecule has 1 aromatic carbocycles. The summed E-state index contributed by atoms with van der Waals surface area (Å²) in [6, 6.07) is 7.69. The van der Waals surface area contributed by atoms with E-state index in [0.29, 0.717) is 19.3 Å². The van der Waals surface area contributed by atoms with Crippen LogP contribution in [-0.2, 0) is 4.79 Å². The lowest BCUT2D eigenvalue weighted by molar-refractivity contribution is -0.116. The van der Waals surface area contributed by atoms with Crippen molar-refractivity contribution in [1.82, 2.24) is 4.98 Å². The third-order valence-electron chi connectivity index (χ3n) is 2.87. The molecule has 0 fully saturated rings. The molecule has 0 aliphatic rings. The second-order valence-electron chi connectivity index (χ2n) is 4.56. The predicted molar refractivity (Wildman–Crippen MR) is 81.9 cm³/mol. The second kappa shape index (κ2) is 7.17. The van der Waals surface area contributed by atoms with Gasteiger partial charge in [0.2, 0.25) is 5.91 Å². The molecule has 0 saturated heterocycles. The van der Waals surface area contributed by atoms with E-state index in [-0.39, 0.29) is 12.5 Å². The highest BCUT2D eigenvalue weighted by atomic mass is 32.1. The van der Waals surface area contributed by atoms with Gasteiger partial charge in [0.25, 0.3) is 0 Å². The minimum atomic E-state index is -0.0231. The van der Waals surface area contributed by atoms with E-state index < -0.39 is 0 Å². The number of benzene rings is 1. The van der Waals surface area contributed by atoms with Gasteiger partial charge in [-0.25, -0.2) is 4.98 Å². The van der Waals surface area contributed by atoms with Crippen LogP contribution in [0.3, 0.4) is 0 Å². The van der Waals surface area contributed by atoms with Gasteiger partial charge in [-0.2, -0.15) is 0 Å². The summed E-state index contributed by atoms with van der Waals surface area (Å²) in [4.78, 5) is 16.2. The molecule has 20 heavy (non-hydrogen) atoms. The fourth-order valence-corrected chi connectivity index (χ4v) is 2.50. The Balaban J connectivity index is 2.01. The van der Waals surface area contributed by atoms with Crippen molar-refractivity contribution in [3.8, 4) is 11.3 Å². The third-order valence-corrected chi connectivity index (χ3v) is 3.65. The van der Waals surface area contributed by atoms with E-state index in [4.69, 9.17) is 5.11 Å². The van der Waals surface area contributed by atoms with Crippen LogP contribution >= 0.6 is 11.3 Å². The molecule has 0 aliphatic heterocycles. The Hall–Kier alpha value is -1.72. The molecule has 2 rings (SSSR count). The molecule has 0 spiro atoms. The Bertz CT molecular complexity index is 581. The van der Waals surface area contributed by atoms with Crippen molar-refractivity contribution in [2.45, 2.75) is 26.2 Å². The summed E-state index contributed by atoms with van der Waals surface area (Å²) in [6.07, 6.45) is 1.79. The van der Waals surface area contributed by atoms with Gasteiger partial charge >= 0.3 is 0 Å². The van der Waals surface area contributed by atoms with Crippen LogP contribution < -0.4 is 5.32 Å². The number of hydrogen-bond acceptors (Lipinski definition) is 4. The van der Waals surface area contributed by atoms with E-state index in [1.165, 1.54) is 0 Å². The van der Waals surface area contributed by atoms with Crippen molar-refractivity contribution < 1.29 is 9.90 Å². The Morgan fingerprint density at radius 1 is 1.40 bits per heavy atom. The molecular formula is C15H18N2O2S. The molecule has 0 bridgehead atoms. The summed E-state index contributed by atoms with van der Waals surface area (Å²) in [5, 5.41) is 14.6. The van der Waals surface area contributed by atoms with E-state index in [9.17, 15) is 4.79 Å². The number of carbonyl (C=O) groups is 1. The maximum atomic E-state index is 11.7. The molecule has 5 heteroatoms. The second-order valence-corrected chi connectivity index (χ2v) is 5.62. The van der Waals surface area contributed by atoms with Crippen molar-refractivity contribution in [3.05, 3.63) is 34.7 Å². The molecule has 0 atom stereocenters. The molecule has 0 saturated carbocycles. The number of nitrogens with one attached hydrogen (secondary N) is 1. The summed E-state index contributed by atoms with van der Waals surface area (Å²) in [5.74, 6) is -0.0231. The number of amides is 1. The van der Waals surface area contributed by atoms with Crippen LogP contribution in [0.5, 0.6) is 0 Å². The molecule has 4 nitrogen and oxygen atoms in total. The lowest BCUT2D eigenvalue weighted by Crippen LogP contribution is -2.11. The zero-order valence-electron chi connectivity index (χ0n) is 11.4. The van der Waals surface area contributed by atoms with Crippen molar-refractivity contribution in [2.75, 3.05) is 11.9 Å². The minimum absolute atomic E-state index is 0.0231. The van der Waals surface area contributed by atoms with Gasteiger partial charge in [-0.15, -0.1) is 11.3 Å². The Morgan fingerprint density at radius 3 is 2.95 bits per heavy atom. The Kier molecular flexibility index (Phi) is 5.26. The van der Waals surface area contributed by atoms with Crippen LogP contribution in [0.15, 0.2) is 29.6 Å². The van der Waals surface area contributed by atoms with Gasteiger partial charge < -0.3 is 10.4 Å². The molecule has 106 valence electrons. The highest BCUT2D eigenvalue weighted by Crippen LogP contribution is 2.24. The number of carbonyl (C=O) groups excluding carboxylic acids is 1. The van der Waals surface area contributed by atoms with Crippen molar-refractivity contribution >= 4 is 22.9 Å². The fourth-order valence-electron chi connectivity index (χ4n) is 1.87. The number of aryl methyl sites for hydroxylation is 1. The van der Waals surface area contributed by atoms with E-state index in [1.807, 2.05) is 36.6 Å². The largest absolute Gasteiger partial charge is 0.396 e. The smallest absolute Gasteiger partial charge is 0.224 e. The number of rotatable bonds is 6. The lowest BCUT2D eigenvalue weighted by atomic mass is 10.1. The average Bonchev–Trinajstić information content (AvgIpc) is 2.86. The summed E-state index contributed by atoms with van der Waals surface area (Å²) < 4.78 is 0. The summed E-state index contributed by atoms with van der Waals surface area (Å²) in [6.45, 7) is 2.10. The first-order valence-corrected chi connectivity index (χ1v) is 7.50. The van der Waals surface area contributed by atoms with Gasteiger partial charge in [0.1, 0.15) is 0 Å². The fraction of sp³-hybridized carbons (Fsp3) is 0.333. The Labute approximate surface area is 122 Å². The molecule has 2 N–H and O–H groups in total. The number of aliphatic hydroxyl groups excluding tert-OH is 1. The molecule has 0 unspecified atom stereocenters. The van der Waals surface area contributed by atoms with Crippen LogP contribution in [-0.4, -0.2) is 22.6 Å². The number of aromatic nitrogens is 1. The van der Waals surface area contributed by atoms with Crippen LogP contribution in [0.2, 0.25) is 0 Å². The summed E-state index contributed by atoms with van der Waals surface area (Å²) in [7, 11) is 0. The normalized spacial score (nSPS) is 10.5. The van der Waals surface area contributed by atoms with Crippen LogP contribution in [0.25, 0.3) is 11.3 Å². The van der Waals surface area contributed by atoms with E-state index in [0.717, 1.165) is 22.0 Å². The van der Waals surface area contributed by atoms with Crippen LogP contribution in [0, 0.1) is 6.92 Å². The summed E-state index contributed by atoms with van der Waals surface area (Å²) in [5.41, 5.74) is 2.72. The van der Waals surface area contributed by atoms with Crippen molar-refractivity contribution in [2.24, 2.45) is 0 Å². The zero-order chi connectivity index (χ0) is 14.4. The first kappa shape index (κ1) is 14.7. The topological polar surface area (TPSA) is 62.2 Å². The first-order valence-electron chi connectivity index (χ1n) is 6.62. The predicted octanol–water partition coefficient (Wildman–Crippen LogP) is 3.22. The molecular weight excluding hydrogens is 272 g/mol. The maximum absolute atomic E-state index is 11.7. The van der Waals surface area contributed by atoms with Gasteiger partial charge in [0.05, 0.1) is 10.7 Å². The first-order chi connectivity index (χ1) is 9.69. The minimum Gasteiger partial charge on any atom is -0.396 e. The van der Waals surface area contributed by atoms with Gasteiger partial charge in [-0.3, -0.25) is 4.79 Å². The van der Waals surface area contributed by atoms with E-state index in [1.54, 1.807) is 11.3 Å². The standard InChI is InChI=1S/C15H18N2O2S/c1-11-16-14(10-20-11)12-5-4-6-13(9-12)17-15(19)7-2-3-8-18/h4-6,9-10,18H,2-3,7-8H2,1H3,(H,17,19). The quantitative estimate of drug-likeness (QED) is 0.803. The number of anilines is 1. The van der Waals surface area contributed by atoms with Crippen molar-refractivity contribution in [3.63, 3.8) is 0 Å². The van der Waals surface area contributed by atoms with Gasteiger partial charge in [0.15, 0.2) is 0 Å². The maximum Gasteiger partial charge on any atom is 0.224 e. The van der Waals surface area contributed by atoms with Gasteiger partial charge in [-0.05, 0) is 31.9 Å². The van der Waals surface area contributed by atoms with Crippen LogP contribution in [0.1, 0.15) is 24.3 Å². The van der Waals surface area contributed by atoms with Gasteiger partial charge in [0, 0.05) is 29.7 Å². The SMILES string of the molecule is Cc1nc(-c2cccc(NC(=O)CCCCO)c2)cs1. The number of thiazole rings is 1.